The molecule has 0 aliphatic carbocycles. The van der Waals surface area contributed by atoms with Crippen LogP contribution in [0.1, 0.15) is 19.4 Å². The Balaban J connectivity index is 3.15. The van der Waals surface area contributed by atoms with E-state index in [1.807, 2.05) is 38.4 Å². The van der Waals surface area contributed by atoms with E-state index in [0.29, 0.717) is 6.61 Å². The molecule has 0 heterocycles. The van der Waals surface area contributed by atoms with Crippen LogP contribution in [0, 0.1) is 0 Å². The standard InChI is InChI=1S/C16H24N2O2/c1-7-12-20-17-15(16(2,3)18(4)5)13-8-10-14(19-6)11-9-13/h7-11H,1,12H2,2-6H3/b17-15-. The van der Waals surface area contributed by atoms with Crippen LogP contribution in [0.3, 0.4) is 0 Å². The SMILES string of the molecule is C=CCO/N=C(/c1ccc(OC)cc1)C(C)(C)N(C)C. The lowest BCUT2D eigenvalue weighted by molar-refractivity contribution is 0.166. The van der Waals surface area contributed by atoms with Crippen LogP contribution in [0.4, 0.5) is 0 Å². The molecule has 0 atom stereocenters. The van der Waals surface area contributed by atoms with Crippen LogP contribution >= 0.6 is 0 Å². The van der Waals surface area contributed by atoms with Gasteiger partial charge in [-0.1, -0.05) is 17.8 Å². The van der Waals surface area contributed by atoms with Crippen LogP contribution in [0.2, 0.25) is 0 Å². The molecule has 1 rings (SSSR count). The van der Waals surface area contributed by atoms with Crippen LogP contribution < -0.4 is 4.74 Å². The maximum atomic E-state index is 5.30. The molecule has 0 bridgehead atoms. The Morgan fingerprint density at radius 3 is 2.35 bits per heavy atom. The molecule has 0 saturated heterocycles. The Hall–Kier alpha value is -1.81. The van der Waals surface area contributed by atoms with Crippen LogP contribution in [-0.4, -0.2) is 44.0 Å². The molecular weight excluding hydrogens is 252 g/mol. The Bertz CT molecular complexity index is 462. The van der Waals surface area contributed by atoms with E-state index in [0.717, 1.165) is 17.0 Å². The number of likely N-dealkylation sites (N-methyl/N-ethyl adjacent to an activating group) is 1. The topological polar surface area (TPSA) is 34.1 Å². The van der Waals surface area contributed by atoms with Gasteiger partial charge in [-0.15, -0.1) is 0 Å². The van der Waals surface area contributed by atoms with E-state index in [9.17, 15) is 0 Å². The zero-order chi connectivity index (χ0) is 15.2. The van der Waals surface area contributed by atoms with E-state index in [4.69, 9.17) is 9.57 Å². The second-order valence-electron chi connectivity index (χ2n) is 5.21. The van der Waals surface area contributed by atoms with Gasteiger partial charge in [-0.05, 0) is 52.2 Å². The van der Waals surface area contributed by atoms with Crippen molar-refractivity contribution in [3.63, 3.8) is 0 Å². The molecule has 0 saturated carbocycles. The number of oxime groups is 1. The minimum absolute atomic E-state index is 0.254. The van der Waals surface area contributed by atoms with E-state index in [1.54, 1.807) is 13.2 Å². The zero-order valence-corrected chi connectivity index (χ0v) is 13.0. The van der Waals surface area contributed by atoms with Crippen LogP contribution in [-0.2, 0) is 4.84 Å². The minimum atomic E-state index is -0.254. The highest BCUT2D eigenvalue weighted by Gasteiger charge is 2.29. The molecule has 0 aromatic heterocycles. The first-order valence-corrected chi connectivity index (χ1v) is 6.56. The average molecular weight is 276 g/mol. The molecule has 4 heteroatoms. The first-order chi connectivity index (χ1) is 9.43. The maximum Gasteiger partial charge on any atom is 0.135 e. The number of hydrogen-bond acceptors (Lipinski definition) is 4. The lowest BCUT2D eigenvalue weighted by Gasteiger charge is -2.33. The molecule has 0 aliphatic rings. The number of benzene rings is 1. The predicted molar refractivity (Wildman–Crippen MR) is 83.4 cm³/mol. The van der Waals surface area contributed by atoms with Crippen molar-refractivity contribution in [2.75, 3.05) is 27.8 Å². The summed E-state index contributed by atoms with van der Waals surface area (Å²) in [6.45, 7) is 8.23. The normalized spacial score (nSPS) is 12.4. The van der Waals surface area contributed by atoms with Gasteiger partial charge >= 0.3 is 0 Å². The molecule has 0 unspecified atom stereocenters. The third-order valence-electron chi connectivity index (χ3n) is 3.41. The summed E-state index contributed by atoms with van der Waals surface area (Å²) >= 11 is 0. The molecule has 0 radical (unpaired) electrons. The molecule has 110 valence electrons. The Kier molecular flexibility index (Phi) is 5.77. The molecule has 0 N–H and O–H groups in total. The monoisotopic (exact) mass is 276 g/mol. The molecule has 0 aliphatic heterocycles. The van der Waals surface area contributed by atoms with Crippen molar-refractivity contribution in [1.29, 1.82) is 0 Å². The summed E-state index contributed by atoms with van der Waals surface area (Å²) in [5.41, 5.74) is 1.62. The predicted octanol–water partition coefficient (Wildman–Crippen LogP) is 2.94. The molecule has 1 aromatic carbocycles. The van der Waals surface area contributed by atoms with E-state index >= 15 is 0 Å². The summed E-state index contributed by atoms with van der Waals surface area (Å²) in [6, 6.07) is 7.81. The van der Waals surface area contributed by atoms with Gasteiger partial charge in [0, 0.05) is 5.56 Å². The fraction of sp³-hybridized carbons (Fsp3) is 0.438. The van der Waals surface area contributed by atoms with Crippen molar-refractivity contribution in [1.82, 2.24) is 4.90 Å². The van der Waals surface area contributed by atoms with Crippen molar-refractivity contribution in [3.8, 4) is 5.75 Å². The smallest absolute Gasteiger partial charge is 0.135 e. The summed E-state index contributed by atoms with van der Waals surface area (Å²) in [7, 11) is 5.69. The molecule has 1 aromatic rings. The Labute approximate surface area is 121 Å². The fourth-order valence-corrected chi connectivity index (χ4v) is 1.63. The second-order valence-corrected chi connectivity index (χ2v) is 5.21. The average Bonchev–Trinajstić information content (AvgIpc) is 2.43. The van der Waals surface area contributed by atoms with Crippen LogP contribution in [0.5, 0.6) is 5.75 Å². The first kappa shape index (κ1) is 16.2. The zero-order valence-electron chi connectivity index (χ0n) is 13.0. The van der Waals surface area contributed by atoms with E-state index in [-0.39, 0.29) is 5.54 Å². The van der Waals surface area contributed by atoms with Crippen molar-refractivity contribution < 1.29 is 9.57 Å². The van der Waals surface area contributed by atoms with Crippen LogP contribution in [0.15, 0.2) is 42.1 Å². The summed E-state index contributed by atoms with van der Waals surface area (Å²) in [4.78, 5) is 7.41. The van der Waals surface area contributed by atoms with Gasteiger partial charge in [0.1, 0.15) is 18.1 Å². The van der Waals surface area contributed by atoms with Gasteiger partial charge in [-0.3, -0.25) is 4.90 Å². The maximum absolute atomic E-state index is 5.30. The number of hydrogen-bond donors (Lipinski definition) is 0. The van der Waals surface area contributed by atoms with Gasteiger partial charge in [-0.2, -0.15) is 0 Å². The molecule has 0 fully saturated rings. The third kappa shape index (κ3) is 3.84. The highest BCUT2D eigenvalue weighted by Crippen LogP contribution is 2.21. The van der Waals surface area contributed by atoms with Gasteiger partial charge in [0.05, 0.1) is 12.6 Å². The lowest BCUT2D eigenvalue weighted by atomic mass is 9.91. The fourth-order valence-electron chi connectivity index (χ4n) is 1.63. The van der Waals surface area contributed by atoms with E-state index < -0.39 is 0 Å². The third-order valence-corrected chi connectivity index (χ3v) is 3.41. The number of nitrogens with zero attached hydrogens (tertiary/aromatic N) is 2. The lowest BCUT2D eigenvalue weighted by Crippen LogP contribution is -2.46. The second kappa shape index (κ2) is 7.10. The molecule has 4 nitrogen and oxygen atoms in total. The van der Waals surface area contributed by atoms with Gasteiger partial charge < -0.3 is 9.57 Å². The Morgan fingerprint density at radius 2 is 1.90 bits per heavy atom. The molecule has 20 heavy (non-hydrogen) atoms. The van der Waals surface area contributed by atoms with Gasteiger partial charge in [0.2, 0.25) is 0 Å². The van der Waals surface area contributed by atoms with E-state index in [1.165, 1.54) is 0 Å². The number of ether oxygens (including phenoxy) is 1. The van der Waals surface area contributed by atoms with Crippen molar-refractivity contribution in [2.24, 2.45) is 5.16 Å². The van der Waals surface area contributed by atoms with E-state index in [2.05, 4.69) is 30.5 Å². The van der Waals surface area contributed by atoms with Gasteiger partial charge in [0.25, 0.3) is 0 Å². The summed E-state index contributed by atoms with van der Waals surface area (Å²) in [6.07, 6.45) is 1.68. The highest BCUT2D eigenvalue weighted by molar-refractivity contribution is 6.06. The van der Waals surface area contributed by atoms with Crippen molar-refractivity contribution in [3.05, 3.63) is 42.5 Å². The summed E-state index contributed by atoms with van der Waals surface area (Å²) in [5.74, 6) is 0.822. The largest absolute Gasteiger partial charge is 0.497 e. The minimum Gasteiger partial charge on any atom is -0.497 e. The number of methoxy groups -OCH3 is 1. The van der Waals surface area contributed by atoms with Gasteiger partial charge in [-0.25, -0.2) is 0 Å². The highest BCUT2D eigenvalue weighted by atomic mass is 16.6. The summed E-state index contributed by atoms with van der Waals surface area (Å²) in [5, 5.41) is 4.30. The van der Waals surface area contributed by atoms with Crippen LogP contribution in [0.25, 0.3) is 0 Å². The van der Waals surface area contributed by atoms with Crippen molar-refractivity contribution in [2.45, 2.75) is 19.4 Å². The van der Waals surface area contributed by atoms with Gasteiger partial charge in [0.15, 0.2) is 0 Å². The molecule has 0 spiro atoms. The quantitative estimate of drug-likeness (QED) is 0.332. The molecular formula is C16H24N2O2. The first-order valence-electron chi connectivity index (χ1n) is 6.56. The Morgan fingerprint density at radius 1 is 1.30 bits per heavy atom. The number of rotatable bonds is 7. The summed E-state index contributed by atoms with van der Waals surface area (Å²) < 4.78 is 5.19. The molecule has 0 amide bonds. The van der Waals surface area contributed by atoms with Crippen molar-refractivity contribution >= 4 is 5.71 Å².